The smallest absolute Gasteiger partial charge is 0.175 e. The van der Waals surface area contributed by atoms with Crippen LogP contribution in [0.5, 0.6) is 0 Å². The number of nitrogens with zero attached hydrogens (tertiary/aromatic N) is 7. The Labute approximate surface area is 150 Å². The molecular formula is C17H21N7S. The lowest BCUT2D eigenvalue weighted by Crippen LogP contribution is -2.46. The van der Waals surface area contributed by atoms with Crippen molar-refractivity contribution in [2.45, 2.75) is 20.4 Å². The molecule has 4 heterocycles. The topological polar surface area (TPSA) is 63.0 Å². The molecule has 1 aliphatic rings. The molecule has 1 aliphatic heterocycles. The number of hydrogen-bond donors (Lipinski definition) is 0. The zero-order valence-electron chi connectivity index (χ0n) is 14.5. The molecule has 0 spiro atoms. The maximum atomic E-state index is 4.55. The summed E-state index contributed by atoms with van der Waals surface area (Å²) < 4.78 is 1.75. The van der Waals surface area contributed by atoms with Gasteiger partial charge in [0.15, 0.2) is 11.6 Å². The first-order valence-corrected chi connectivity index (χ1v) is 9.30. The Morgan fingerprint density at radius 2 is 1.76 bits per heavy atom. The van der Waals surface area contributed by atoms with Crippen LogP contribution >= 0.6 is 11.3 Å². The zero-order valence-corrected chi connectivity index (χ0v) is 15.3. The van der Waals surface area contributed by atoms with Crippen molar-refractivity contribution in [3.05, 3.63) is 46.2 Å². The number of rotatable bonds is 4. The van der Waals surface area contributed by atoms with Gasteiger partial charge in [0, 0.05) is 44.3 Å². The van der Waals surface area contributed by atoms with E-state index >= 15 is 0 Å². The largest absolute Gasteiger partial charge is 0.353 e. The fourth-order valence-electron chi connectivity index (χ4n) is 3.00. The minimum Gasteiger partial charge on any atom is -0.353 e. The van der Waals surface area contributed by atoms with Crippen LogP contribution in [0, 0.1) is 13.8 Å². The summed E-state index contributed by atoms with van der Waals surface area (Å²) in [5.74, 6) is 1.67. The summed E-state index contributed by atoms with van der Waals surface area (Å²) in [6.07, 6.45) is 1.90. The van der Waals surface area contributed by atoms with Gasteiger partial charge in [-0.3, -0.25) is 4.90 Å². The summed E-state index contributed by atoms with van der Waals surface area (Å²) in [5.41, 5.74) is 2.15. The molecule has 1 fully saturated rings. The highest BCUT2D eigenvalue weighted by Gasteiger charge is 2.19. The van der Waals surface area contributed by atoms with E-state index in [9.17, 15) is 0 Å². The number of aromatic nitrogens is 5. The molecule has 1 saturated heterocycles. The Hall–Kier alpha value is -2.32. The molecule has 0 bridgehead atoms. The maximum absolute atomic E-state index is 4.55. The average Bonchev–Trinajstić information content (AvgIpc) is 3.24. The van der Waals surface area contributed by atoms with Crippen molar-refractivity contribution in [3.8, 4) is 5.82 Å². The first-order valence-electron chi connectivity index (χ1n) is 8.42. The standard InChI is InChI=1S/C17H21N7S/c1-13-5-6-24(21-13)17-4-3-16(19-20-17)23-9-7-22(8-10-23)11-15-12-25-14(2)18-15/h3-6,12H,7-11H2,1-2H3. The zero-order chi connectivity index (χ0) is 17.2. The molecule has 0 aliphatic carbocycles. The quantitative estimate of drug-likeness (QED) is 0.714. The third kappa shape index (κ3) is 3.69. The van der Waals surface area contributed by atoms with Gasteiger partial charge in [-0.2, -0.15) is 5.10 Å². The lowest BCUT2D eigenvalue weighted by molar-refractivity contribution is 0.247. The van der Waals surface area contributed by atoms with Crippen LogP contribution in [0.4, 0.5) is 5.82 Å². The Kier molecular flexibility index (Phi) is 4.46. The first kappa shape index (κ1) is 16.2. The fraction of sp³-hybridized carbons (Fsp3) is 0.412. The van der Waals surface area contributed by atoms with Crippen LogP contribution < -0.4 is 4.90 Å². The van der Waals surface area contributed by atoms with Crippen LogP contribution in [0.25, 0.3) is 5.82 Å². The van der Waals surface area contributed by atoms with E-state index in [1.807, 2.05) is 31.3 Å². The number of aryl methyl sites for hydroxylation is 2. The third-order valence-corrected chi connectivity index (χ3v) is 5.16. The van der Waals surface area contributed by atoms with E-state index in [1.54, 1.807) is 16.0 Å². The average molecular weight is 355 g/mol. The minimum atomic E-state index is 0.745. The third-order valence-electron chi connectivity index (χ3n) is 4.34. The van der Waals surface area contributed by atoms with Crippen LogP contribution in [0.15, 0.2) is 29.8 Å². The van der Waals surface area contributed by atoms with Gasteiger partial charge in [-0.15, -0.1) is 21.5 Å². The van der Waals surface area contributed by atoms with E-state index in [2.05, 4.69) is 42.4 Å². The molecule has 0 atom stereocenters. The van der Waals surface area contributed by atoms with Crippen LogP contribution in [0.2, 0.25) is 0 Å². The van der Waals surface area contributed by atoms with Crippen molar-refractivity contribution in [3.63, 3.8) is 0 Å². The fourth-order valence-corrected chi connectivity index (χ4v) is 3.60. The highest BCUT2D eigenvalue weighted by molar-refractivity contribution is 7.09. The summed E-state index contributed by atoms with van der Waals surface area (Å²) in [7, 11) is 0. The Morgan fingerprint density at radius 3 is 2.36 bits per heavy atom. The van der Waals surface area contributed by atoms with Gasteiger partial charge in [0.05, 0.1) is 16.4 Å². The van der Waals surface area contributed by atoms with Gasteiger partial charge in [0.25, 0.3) is 0 Å². The molecule has 25 heavy (non-hydrogen) atoms. The van der Waals surface area contributed by atoms with Crippen molar-refractivity contribution >= 4 is 17.2 Å². The van der Waals surface area contributed by atoms with Gasteiger partial charge in [-0.1, -0.05) is 0 Å². The molecule has 3 aromatic rings. The van der Waals surface area contributed by atoms with Crippen molar-refractivity contribution in [1.29, 1.82) is 0 Å². The van der Waals surface area contributed by atoms with E-state index in [0.29, 0.717) is 0 Å². The van der Waals surface area contributed by atoms with E-state index < -0.39 is 0 Å². The lowest BCUT2D eigenvalue weighted by atomic mass is 10.3. The predicted octanol–water partition coefficient (Wildman–Crippen LogP) is 2.06. The van der Waals surface area contributed by atoms with Crippen LogP contribution in [-0.2, 0) is 6.54 Å². The molecule has 0 radical (unpaired) electrons. The number of thiazole rings is 1. The van der Waals surface area contributed by atoms with E-state index in [4.69, 9.17) is 0 Å². The molecule has 0 aromatic carbocycles. The maximum Gasteiger partial charge on any atom is 0.175 e. The van der Waals surface area contributed by atoms with E-state index in [0.717, 1.165) is 55.1 Å². The van der Waals surface area contributed by atoms with E-state index in [-0.39, 0.29) is 0 Å². The molecule has 7 nitrogen and oxygen atoms in total. The number of piperazine rings is 1. The Morgan fingerprint density at radius 1 is 1.00 bits per heavy atom. The van der Waals surface area contributed by atoms with Crippen LogP contribution in [0.1, 0.15) is 16.4 Å². The van der Waals surface area contributed by atoms with Crippen molar-refractivity contribution in [1.82, 2.24) is 29.9 Å². The summed E-state index contributed by atoms with van der Waals surface area (Å²) in [5, 5.41) is 16.4. The molecule has 4 rings (SSSR count). The molecule has 3 aromatic heterocycles. The molecule has 8 heteroatoms. The molecule has 0 N–H and O–H groups in total. The SMILES string of the molecule is Cc1ccn(-c2ccc(N3CCN(Cc4csc(C)n4)CC3)nn2)n1. The molecule has 0 unspecified atom stereocenters. The van der Waals surface area contributed by atoms with Gasteiger partial charge in [-0.25, -0.2) is 9.67 Å². The van der Waals surface area contributed by atoms with Crippen LogP contribution in [-0.4, -0.2) is 56.0 Å². The second-order valence-corrected chi connectivity index (χ2v) is 7.33. The van der Waals surface area contributed by atoms with Gasteiger partial charge in [0.2, 0.25) is 0 Å². The second-order valence-electron chi connectivity index (χ2n) is 6.27. The number of hydrogen-bond acceptors (Lipinski definition) is 7. The molecule has 130 valence electrons. The summed E-state index contributed by atoms with van der Waals surface area (Å²) in [6.45, 7) is 8.89. The minimum absolute atomic E-state index is 0.745. The monoisotopic (exact) mass is 355 g/mol. The molecular weight excluding hydrogens is 334 g/mol. The number of anilines is 1. The van der Waals surface area contributed by atoms with Gasteiger partial charge < -0.3 is 4.90 Å². The van der Waals surface area contributed by atoms with Crippen molar-refractivity contribution in [2.75, 3.05) is 31.1 Å². The second kappa shape index (κ2) is 6.89. The molecule has 0 saturated carbocycles. The highest BCUT2D eigenvalue weighted by atomic mass is 32.1. The lowest BCUT2D eigenvalue weighted by Gasteiger charge is -2.34. The molecule has 0 amide bonds. The van der Waals surface area contributed by atoms with Crippen molar-refractivity contribution in [2.24, 2.45) is 0 Å². The Bertz CT molecular complexity index is 831. The normalized spacial score (nSPS) is 15.7. The first-order chi connectivity index (χ1) is 12.2. The van der Waals surface area contributed by atoms with Gasteiger partial charge >= 0.3 is 0 Å². The summed E-state index contributed by atoms with van der Waals surface area (Å²) >= 11 is 1.72. The summed E-state index contributed by atoms with van der Waals surface area (Å²) in [4.78, 5) is 9.28. The van der Waals surface area contributed by atoms with Crippen LogP contribution in [0.3, 0.4) is 0 Å². The van der Waals surface area contributed by atoms with Gasteiger partial charge in [0.1, 0.15) is 0 Å². The Balaban J connectivity index is 1.36. The predicted molar refractivity (Wildman–Crippen MR) is 98.2 cm³/mol. The van der Waals surface area contributed by atoms with Gasteiger partial charge in [-0.05, 0) is 32.0 Å². The van der Waals surface area contributed by atoms with Crippen molar-refractivity contribution < 1.29 is 0 Å². The summed E-state index contributed by atoms with van der Waals surface area (Å²) in [6, 6.07) is 5.96. The van der Waals surface area contributed by atoms with E-state index in [1.165, 1.54) is 5.69 Å². The highest BCUT2D eigenvalue weighted by Crippen LogP contribution is 2.16.